The van der Waals surface area contributed by atoms with Crippen molar-refractivity contribution in [1.29, 1.82) is 0 Å². The van der Waals surface area contributed by atoms with Crippen LogP contribution >= 0.6 is 22.9 Å². The predicted molar refractivity (Wildman–Crippen MR) is 60.0 cm³/mol. The number of carbonyl (C=O) groups excluding carboxylic acids is 1. The average molecular weight is 264 g/mol. The van der Waals surface area contributed by atoms with E-state index in [9.17, 15) is 9.59 Å². The highest BCUT2D eigenvalue weighted by Gasteiger charge is 2.18. The molecule has 7 heteroatoms. The van der Waals surface area contributed by atoms with Crippen molar-refractivity contribution in [2.75, 3.05) is 6.54 Å². The molecular formula is C9H10ClNO4S. The lowest BCUT2D eigenvalue weighted by atomic mass is 10.3. The van der Waals surface area contributed by atoms with Crippen LogP contribution in [0.15, 0.2) is 5.38 Å². The van der Waals surface area contributed by atoms with Crippen LogP contribution in [0.5, 0.6) is 0 Å². The Labute approximate surface area is 101 Å². The van der Waals surface area contributed by atoms with Gasteiger partial charge in [-0.3, -0.25) is 4.79 Å². The van der Waals surface area contributed by atoms with Gasteiger partial charge in [0.1, 0.15) is 4.88 Å². The molecule has 1 unspecified atom stereocenters. The summed E-state index contributed by atoms with van der Waals surface area (Å²) in [7, 11) is 0. The summed E-state index contributed by atoms with van der Waals surface area (Å²) in [6.07, 6.45) is -1.61. The predicted octanol–water partition coefficient (Wildman–Crippen LogP) is 0.885. The van der Waals surface area contributed by atoms with Crippen LogP contribution in [-0.4, -0.2) is 34.7 Å². The molecule has 88 valence electrons. The lowest BCUT2D eigenvalue weighted by molar-refractivity contribution is -0.146. The van der Waals surface area contributed by atoms with Crippen molar-refractivity contribution in [2.45, 2.75) is 13.0 Å². The quantitative estimate of drug-likeness (QED) is 0.753. The van der Waals surface area contributed by atoms with Gasteiger partial charge in [0, 0.05) is 0 Å². The minimum absolute atomic E-state index is 0.316. The minimum Gasteiger partial charge on any atom is -0.479 e. The Hall–Kier alpha value is -1.11. The fourth-order valence-corrected chi connectivity index (χ4v) is 2.13. The molecule has 0 spiro atoms. The Morgan fingerprint density at radius 2 is 2.25 bits per heavy atom. The van der Waals surface area contributed by atoms with E-state index in [0.717, 1.165) is 5.56 Å². The van der Waals surface area contributed by atoms with Crippen LogP contribution in [0.3, 0.4) is 0 Å². The molecule has 0 radical (unpaired) electrons. The summed E-state index contributed by atoms with van der Waals surface area (Å²) in [5, 5.41) is 21.7. The third-order valence-corrected chi connectivity index (χ3v) is 3.54. The van der Waals surface area contributed by atoms with Crippen LogP contribution in [0.1, 0.15) is 15.2 Å². The molecule has 1 aromatic heterocycles. The van der Waals surface area contributed by atoms with Crippen LogP contribution in [0.4, 0.5) is 0 Å². The molecular weight excluding hydrogens is 254 g/mol. The van der Waals surface area contributed by atoms with E-state index in [-0.39, 0.29) is 6.54 Å². The fourth-order valence-electron chi connectivity index (χ4n) is 0.940. The van der Waals surface area contributed by atoms with Gasteiger partial charge in [0.05, 0.1) is 11.6 Å². The van der Waals surface area contributed by atoms with Gasteiger partial charge in [-0.15, -0.1) is 11.3 Å². The Morgan fingerprint density at radius 3 is 2.69 bits per heavy atom. The summed E-state index contributed by atoms with van der Waals surface area (Å²) >= 11 is 7.02. The van der Waals surface area contributed by atoms with Crippen molar-refractivity contribution in [3.05, 3.63) is 20.8 Å². The van der Waals surface area contributed by atoms with Gasteiger partial charge in [0.25, 0.3) is 5.91 Å². The Kier molecular flexibility index (Phi) is 4.28. The van der Waals surface area contributed by atoms with Crippen molar-refractivity contribution in [2.24, 2.45) is 0 Å². The minimum atomic E-state index is -1.61. The normalized spacial score (nSPS) is 12.2. The van der Waals surface area contributed by atoms with Gasteiger partial charge in [-0.1, -0.05) is 11.6 Å². The first-order valence-corrected chi connectivity index (χ1v) is 5.62. The Balaban J connectivity index is 2.60. The van der Waals surface area contributed by atoms with Gasteiger partial charge in [0.2, 0.25) is 0 Å². The largest absolute Gasteiger partial charge is 0.479 e. The number of rotatable bonds is 4. The summed E-state index contributed by atoms with van der Waals surface area (Å²) in [6.45, 7) is 1.42. The molecule has 0 aliphatic carbocycles. The molecule has 0 fully saturated rings. The van der Waals surface area contributed by atoms with Crippen molar-refractivity contribution < 1.29 is 19.8 Å². The fraction of sp³-hybridized carbons (Fsp3) is 0.333. The molecule has 0 bridgehead atoms. The number of hydrogen-bond acceptors (Lipinski definition) is 4. The van der Waals surface area contributed by atoms with Gasteiger partial charge >= 0.3 is 5.97 Å². The molecule has 1 atom stereocenters. The molecule has 0 saturated carbocycles. The molecule has 3 N–H and O–H groups in total. The highest BCUT2D eigenvalue weighted by Crippen LogP contribution is 2.26. The smallest absolute Gasteiger partial charge is 0.334 e. The molecule has 1 heterocycles. The standard InChI is InChI=1S/C9H10ClNO4S/c1-4-3-16-7(6(4)10)8(13)11-2-5(12)9(14)15/h3,5,12H,2H2,1H3,(H,11,13)(H,14,15). The van der Waals surface area contributed by atoms with E-state index in [1.807, 2.05) is 0 Å². The number of carboxylic acids is 1. The molecule has 0 aliphatic heterocycles. The van der Waals surface area contributed by atoms with E-state index < -0.39 is 18.0 Å². The van der Waals surface area contributed by atoms with Gasteiger partial charge in [-0.2, -0.15) is 0 Å². The van der Waals surface area contributed by atoms with E-state index in [1.54, 1.807) is 12.3 Å². The number of aliphatic hydroxyl groups is 1. The topological polar surface area (TPSA) is 86.6 Å². The first-order valence-electron chi connectivity index (χ1n) is 4.36. The molecule has 1 rings (SSSR count). The van der Waals surface area contributed by atoms with E-state index in [0.29, 0.717) is 9.90 Å². The number of nitrogens with one attached hydrogen (secondary N) is 1. The van der Waals surface area contributed by atoms with Crippen molar-refractivity contribution in [3.63, 3.8) is 0 Å². The molecule has 5 nitrogen and oxygen atoms in total. The lowest BCUT2D eigenvalue weighted by Gasteiger charge is -2.06. The molecule has 0 saturated heterocycles. The lowest BCUT2D eigenvalue weighted by Crippen LogP contribution is -2.36. The average Bonchev–Trinajstić information content (AvgIpc) is 2.55. The van der Waals surface area contributed by atoms with Gasteiger partial charge in [-0.25, -0.2) is 4.79 Å². The van der Waals surface area contributed by atoms with E-state index in [1.165, 1.54) is 11.3 Å². The number of aliphatic carboxylic acids is 1. The second kappa shape index (κ2) is 5.29. The van der Waals surface area contributed by atoms with E-state index >= 15 is 0 Å². The monoisotopic (exact) mass is 263 g/mol. The zero-order valence-electron chi connectivity index (χ0n) is 8.36. The van der Waals surface area contributed by atoms with Gasteiger partial charge < -0.3 is 15.5 Å². The summed E-state index contributed by atoms with van der Waals surface area (Å²) in [4.78, 5) is 22.1. The maximum Gasteiger partial charge on any atom is 0.334 e. The molecule has 1 amide bonds. The number of halogens is 1. The molecule has 1 aromatic rings. The van der Waals surface area contributed by atoms with Crippen LogP contribution in [0.25, 0.3) is 0 Å². The SMILES string of the molecule is Cc1csc(C(=O)NCC(O)C(=O)O)c1Cl. The first-order chi connectivity index (χ1) is 7.43. The summed E-state index contributed by atoms with van der Waals surface area (Å²) in [5.74, 6) is -1.86. The summed E-state index contributed by atoms with van der Waals surface area (Å²) in [6, 6.07) is 0. The third-order valence-electron chi connectivity index (χ3n) is 1.85. The van der Waals surface area contributed by atoms with E-state index in [4.69, 9.17) is 21.8 Å². The number of aryl methyl sites for hydroxylation is 1. The van der Waals surface area contributed by atoms with Gasteiger partial charge in [-0.05, 0) is 17.9 Å². The number of carboxylic acid groups (broad SMARTS) is 1. The van der Waals surface area contributed by atoms with Crippen LogP contribution < -0.4 is 5.32 Å². The first kappa shape index (κ1) is 13.0. The molecule has 0 aromatic carbocycles. The maximum absolute atomic E-state index is 11.5. The number of thiophene rings is 1. The van der Waals surface area contributed by atoms with Crippen LogP contribution in [-0.2, 0) is 4.79 Å². The highest BCUT2D eigenvalue weighted by molar-refractivity contribution is 7.13. The number of carbonyl (C=O) groups is 2. The van der Waals surface area contributed by atoms with Crippen LogP contribution in [0, 0.1) is 6.92 Å². The third kappa shape index (κ3) is 2.94. The van der Waals surface area contributed by atoms with E-state index in [2.05, 4.69) is 5.32 Å². The maximum atomic E-state index is 11.5. The Morgan fingerprint density at radius 1 is 1.62 bits per heavy atom. The zero-order valence-corrected chi connectivity index (χ0v) is 9.93. The second-order valence-electron chi connectivity index (χ2n) is 3.13. The zero-order chi connectivity index (χ0) is 12.3. The van der Waals surface area contributed by atoms with Crippen molar-refractivity contribution in [1.82, 2.24) is 5.32 Å². The Bertz CT molecular complexity index is 418. The van der Waals surface area contributed by atoms with Crippen molar-refractivity contribution >= 4 is 34.8 Å². The van der Waals surface area contributed by atoms with Gasteiger partial charge in [0.15, 0.2) is 6.10 Å². The summed E-state index contributed by atoms with van der Waals surface area (Å²) in [5.41, 5.74) is 0.788. The number of hydrogen-bond donors (Lipinski definition) is 3. The van der Waals surface area contributed by atoms with Crippen LogP contribution in [0.2, 0.25) is 5.02 Å². The molecule has 0 aliphatic rings. The van der Waals surface area contributed by atoms with Crippen molar-refractivity contribution in [3.8, 4) is 0 Å². The number of aliphatic hydroxyl groups excluding tert-OH is 1. The summed E-state index contributed by atoms with van der Waals surface area (Å²) < 4.78 is 0. The highest BCUT2D eigenvalue weighted by atomic mass is 35.5. The second-order valence-corrected chi connectivity index (χ2v) is 4.38. The molecule has 16 heavy (non-hydrogen) atoms. The number of amides is 1.